The summed E-state index contributed by atoms with van der Waals surface area (Å²) in [5, 5.41) is 14.4. The zero-order chi connectivity index (χ0) is 25.4. The Labute approximate surface area is 223 Å². The van der Waals surface area contributed by atoms with Crippen molar-refractivity contribution in [3.8, 4) is 17.2 Å². The molecule has 0 aliphatic carbocycles. The van der Waals surface area contributed by atoms with Gasteiger partial charge in [0.15, 0.2) is 5.75 Å². The van der Waals surface area contributed by atoms with Crippen LogP contribution in [0.4, 0.5) is 0 Å². The SMILES string of the molecule is COCCCC[C@@](O)(c1ccccc1Oc1cccc(C)c1)[C@@H]1CCCN(Oc2ccccc2Br)C1. The summed E-state index contributed by atoms with van der Waals surface area (Å²) in [6, 6.07) is 23.8. The van der Waals surface area contributed by atoms with Crippen LogP contribution in [0.2, 0.25) is 0 Å². The maximum Gasteiger partial charge on any atom is 0.161 e. The van der Waals surface area contributed by atoms with Gasteiger partial charge in [0.05, 0.1) is 10.1 Å². The van der Waals surface area contributed by atoms with E-state index in [4.69, 9.17) is 14.3 Å². The first-order valence-electron chi connectivity index (χ1n) is 12.7. The van der Waals surface area contributed by atoms with Gasteiger partial charge >= 0.3 is 0 Å². The van der Waals surface area contributed by atoms with E-state index < -0.39 is 5.60 Å². The van der Waals surface area contributed by atoms with Crippen LogP contribution >= 0.6 is 15.9 Å². The molecule has 0 amide bonds. The smallest absolute Gasteiger partial charge is 0.161 e. The van der Waals surface area contributed by atoms with Gasteiger partial charge < -0.3 is 19.4 Å². The summed E-state index contributed by atoms with van der Waals surface area (Å²) < 4.78 is 12.6. The van der Waals surface area contributed by atoms with Crippen molar-refractivity contribution in [3.05, 3.63) is 88.4 Å². The van der Waals surface area contributed by atoms with E-state index in [1.54, 1.807) is 7.11 Å². The molecule has 0 bridgehead atoms. The van der Waals surface area contributed by atoms with E-state index in [1.165, 1.54) is 0 Å². The Morgan fingerprint density at radius 1 is 1.00 bits per heavy atom. The molecule has 2 atom stereocenters. The topological polar surface area (TPSA) is 51.2 Å². The van der Waals surface area contributed by atoms with Gasteiger partial charge in [0.1, 0.15) is 11.5 Å². The number of para-hydroxylation sites is 2. The molecule has 5 nitrogen and oxygen atoms in total. The van der Waals surface area contributed by atoms with Gasteiger partial charge in [0, 0.05) is 38.3 Å². The van der Waals surface area contributed by atoms with Crippen molar-refractivity contribution in [1.29, 1.82) is 0 Å². The molecule has 0 unspecified atom stereocenters. The fraction of sp³-hybridized carbons (Fsp3) is 0.400. The van der Waals surface area contributed by atoms with Crippen molar-refractivity contribution < 1.29 is 19.4 Å². The van der Waals surface area contributed by atoms with Crippen LogP contribution in [0.25, 0.3) is 0 Å². The van der Waals surface area contributed by atoms with E-state index in [-0.39, 0.29) is 5.92 Å². The molecular formula is C30H36BrNO4. The van der Waals surface area contributed by atoms with Crippen molar-refractivity contribution in [2.75, 3.05) is 26.8 Å². The summed E-state index contributed by atoms with van der Waals surface area (Å²) in [5.74, 6) is 2.23. The van der Waals surface area contributed by atoms with Crippen LogP contribution in [0.15, 0.2) is 77.3 Å². The average Bonchev–Trinajstić information content (AvgIpc) is 2.88. The lowest BCUT2D eigenvalue weighted by Gasteiger charge is -2.42. The van der Waals surface area contributed by atoms with Gasteiger partial charge in [-0.2, -0.15) is 0 Å². The number of ether oxygens (including phenoxy) is 2. The van der Waals surface area contributed by atoms with Crippen LogP contribution in [0.1, 0.15) is 43.2 Å². The molecule has 0 aromatic heterocycles. The van der Waals surface area contributed by atoms with Crippen LogP contribution < -0.4 is 9.57 Å². The minimum absolute atomic E-state index is 0.0152. The number of aryl methyl sites for hydroxylation is 1. The largest absolute Gasteiger partial charge is 0.457 e. The van der Waals surface area contributed by atoms with Gasteiger partial charge in [-0.15, -0.1) is 5.06 Å². The summed E-state index contributed by atoms with van der Waals surface area (Å²) in [6.07, 6.45) is 4.22. The fourth-order valence-corrected chi connectivity index (χ4v) is 5.35. The quantitative estimate of drug-likeness (QED) is 0.253. The van der Waals surface area contributed by atoms with Crippen LogP contribution in [0.3, 0.4) is 0 Å². The molecule has 0 saturated carbocycles. The molecule has 1 aliphatic rings. The van der Waals surface area contributed by atoms with E-state index in [2.05, 4.69) is 15.9 Å². The number of halogens is 1. The van der Waals surface area contributed by atoms with Crippen molar-refractivity contribution >= 4 is 15.9 Å². The number of aliphatic hydroxyl groups is 1. The van der Waals surface area contributed by atoms with Crippen LogP contribution in [-0.2, 0) is 10.3 Å². The molecule has 3 aromatic carbocycles. The van der Waals surface area contributed by atoms with Crippen molar-refractivity contribution in [2.45, 2.75) is 44.6 Å². The molecule has 0 radical (unpaired) electrons. The highest BCUT2D eigenvalue weighted by molar-refractivity contribution is 9.10. The monoisotopic (exact) mass is 553 g/mol. The van der Waals surface area contributed by atoms with Crippen LogP contribution in [0, 0.1) is 12.8 Å². The molecule has 3 aromatic rings. The number of hydrogen-bond acceptors (Lipinski definition) is 5. The molecule has 4 rings (SSSR count). The number of benzene rings is 3. The number of unbranched alkanes of at least 4 members (excludes halogenated alkanes) is 1. The molecule has 1 fully saturated rings. The second-order valence-electron chi connectivity index (χ2n) is 9.54. The summed E-state index contributed by atoms with van der Waals surface area (Å²) in [4.78, 5) is 6.25. The third kappa shape index (κ3) is 6.68. The summed E-state index contributed by atoms with van der Waals surface area (Å²) in [5.41, 5.74) is 0.896. The number of hydrogen-bond donors (Lipinski definition) is 1. The Hall–Kier alpha value is -2.38. The molecule has 192 valence electrons. The Bertz CT molecular complexity index is 1120. The summed E-state index contributed by atoms with van der Waals surface area (Å²) in [6.45, 7) is 4.17. The first-order valence-corrected chi connectivity index (χ1v) is 13.5. The number of piperidine rings is 1. The Kier molecular flexibility index (Phi) is 9.43. The second-order valence-corrected chi connectivity index (χ2v) is 10.4. The first kappa shape index (κ1) is 26.7. The van der Waals surface area contributed by atoms with Crippen molar-refractivity contribution in [2.24, 2.45) is 5.92 Å². The standard InChI is InChI=1S/C30H36BrNO4/c1-23-11-9-13-25(21-23)35-28-16-5-3-14-26(28)30(33,18-7-8-20-34-2)24-12-10-19-32(22-24)36-29-17-6-4-15-27(29)31/h3-6,9,11,13-17,21,24,33H,7-8,10,12,18-20,22H2,1-2H3/t24-,30+/m1/s1. The Morgan fingerprint density at radius 2 is 1.78 bits per heavy atom. The lowest BCUT2D eigenvalue weighted by molar-refractivity contribution is -0.136. The normalized spacial score (nSPS) is 17.9. The molecule has 1 heterocycles. The lowest BCUT2D eigenvalue weighted by atomic mass is 9.74. The highest BCUT2D eigenvalue weighted by atomic mass is 79.9. The summed E-state index contributed by atoms with van der Waals surface area (Å²) >= 11 is 3.58. The van der Waals surface area contributed by atoms with Crippen LogP contribution in [-0.4, -0.2) is 37.0 Å². The maximum atomic E-state index is 12.4. The third-order valence-electron chi connectivity index (χ3n) is 6.85. The number of methoxy groups -OCH3 is 1. The van der Waals surface area contributed by atoms with E-state index in [9.17, 15) is 5.11 Å². The zero-order valence-electron chi connectivity index (χ0n) is 21.2. The van der Waals surface area contributed by atoms with Crippen LogP contribution in [0.5, 0.6) is 17.2 Å². The van der Waals surface area contributed by atoms with Gasteiger partial charge in [-0.3, -0.25) is 0 Å². The van der Waals surface area contributed by atoms with Gasteiger partial charge in [-0.25, -0.2) is 0 Å². The highest BCUT2D eigenvalue weighted by Crippen LogP contribution is 2.44. The van der Waals surface area contributed by atoms with E-state index in [0.29, 0.717) is 25.3 Å². The Morgan fingerprint density at radius 3 is 2.56 bits per heavy atom. The molecular weight excluding hydrogens is 518 g/mol. The molecule has 6 heteroatoms. The predicted molar refractivity (Wildman–Crippen MR) is 146 cm³/mol. The summed E-state index contributed by atoms with van der Waals surface area (Å²) in [7, 11) is 1.72. The molecule has 0 spiro atoms. The maximum absolute atomic E-state index is 12.4. The highest BCUT2D eigenvalue weighted by Gasteiger charge is 2.42. The van der Waals surface area contributed by atoms with Gasteiger partial charge in [-0.05, 0) is 90.9 Å². The van der Waals surface area contributed by atoms with Gasteiger partial charge in [-0.1, -0.05) is 42.5 Å². The minimum Gasteiger partial charge on any atom is -0.457 e. The van der Waals surface area contributed by atoms with E-state index in [1.807, 2.05) is 84.8 Å². The molecule has 36 heavy (non-hydrogen) atoms. The van der Waals surface area contributed by atoms with Gasteiger partial charge in [0.2, 0.25) is 0 Å². The molecule has 1 saturated heterocycles. The average molecular weight is 555 g/mol. The van der Waals surface area contributed by atoms with Crippen molar-refractivity contribution in [1.82, 2.24) is 5.06 Å². The molecule has 1 N–H and O–H groups in total. The van der Waals surface area contributed by atoms with Gasteiger partial charge in [0.25, 0.3) is 0 Å². The second kappa shape index (κ2) is 12.7. The Balaban J connectivity index is 1.61. The van der Waals surface area contributed by atoms with E-state index >= 15 is 0 Å². The number of nitrogens with zero attached hydrogens (tertiary/aromatic N) is 1. The number of hydroxylamine groups is 2. The minimum atomic E-state index is -1.07. The van der Waals surface area contributed by atoms with Crippen molar-refractivity contribution in [3.63, 3.8) is 0 Å². The lowest BCUT2D eigenvalue weighted by Crippen LogP contribution is -2.47. The molecule has 1 aliphatic heterocycles. The third-order valence-corrected chi connectivity index (χ3v) is 7.51. The predicted octanol–water partition coefficient (Wildman–Crippen LogP) is 7.26. The number of rotatable bonds is 11. The first-order chi connectivity index (χ1) is 17.5. The van der Waals surface area contributed by atoms with E-state index in [0.717, 1.165) is 59.3 Å². The zero-order valence-corrected chi connectivity index (χ0v) is 22.7. The fourth-order valence-electron chi connectivity index (χ4n) is 4.99.